The Balaban J connectivity index is 2.45. The molecule has 0 aromatic carbocycles. The molecule has 0 aliphatic carbocycles. The fourth-order valence-electron chi connectivity index (χ4n) is 0.662. The van der Waals surface area contributed by atoms with Gasteiger partial charge >= 0.3 is 5.97 Å². The molecule has 0 saturated heterocycles. The van der Waals surface area contributed by atoms with Gasteiger partial charge in [-0.2, -0.15) is 0 Å². The van der Waals surface area contributed by atoms with Gasteiger partial charge in [0.1, 0.15) is 18.1 Å². The monoisotopic (exact) mass is 155 g/mol. The standard InChI is InChI=1S/C7H9NO3/c1-5-3-7(8-11-5)4-10-6(2)9/h3H,4H2,1-2H3. The second-order valence-electron chi connectivity index (χ2n) is 2.21. The van der Waals surface area contributed by atoms with E-state index in [1.165, 1.54) is 6.92 Å². The Morgan fingerprint density at radius 1 is 1.82 bits per heavy atom. The molecule has 4 nitrogen and oxygen atoms in total. The molecule has 0 amide bonds. The van der Waals surface area contributed by atoms with Gasteiger partial charge in [-0.05, 0) is 6.92 Å². The van der Waals surface area contributed by atoms with Crippen molar-refractivity contribution in [3.63, 3.8) is 0 Å². The molecular formula is C7H9NO3. The van der Waals surface area contributed by atoms with E-state index in [0.29, 0.717) is 11.5 Å². The van der Waals surface area contributed by atoms with E-state index >= 15 is 0 Å². The maximum atomic E-state index is 10.3. The summed E-state index contributed by atoms with van der Waals surface area (Å²) in [7, 11) is 0. The quantitative estimate of drug-likeness (QED) is 0.599. The second-order valence-corrected chi connectivity index (χ2v) is 2.21. The van der Waals surface area contributed by atoms with Crippen molar-refractivity contribution >= 4 is 5.97 Å². The van der Waals surface area contributed by atoms with E-state index in [4.69, 9.17) is 4.52 Å². The minimum atomic E-state index is -0.314. The van der Waals surface area contributed by atoms with Gasteiger partial charge in [-0.25, -0.2) is 0 Å². The van der Waals surface area contributed by atoms with E-state index in [9.17, 15) is 4.79 Å². The first-order chi connectivity index (χ1) is 5.18. The fraction of sp³-hybridized carbons (Fsp3) is 0.429. The minimum absolute atomic E-state index is 0.187. The number of carbonyl (C=O) groups is 1. The first-order valence-electron chi connectivity index (χ1n) is 3.24. The van der Waals surface area contributed by atoms with Crippen LogP contribution in [0, 0.1) is 6.92 Å². The van der Waals surface area contributed by atoms with Crippen LogP contribution in [0.2, 0.25) is 0 Å². The Hall–Kier alpha value is -1.32. The van der Waals surface area contributed by atoms with Crippen LogP contribution in [-0.2, 0) is 16.1 Å². The number of esters is 1. The highest BCUT2D eigenvalue weighted by Crippen LogP contribution is 2.02. The molecule has 0 spiro atoms. The first-order valence-corrected chi connectivity index (χ1v) is 3.24. The molecule has 11 heavy (non-hydrogen) atoms. The van der Waals surface area contributed by atoms with Gasteiger partial charge in [0.25, 0.3) is 0 Å². The van der Waals surface area contributed by atoms with Crippen LogP contribution in [0.25, 0.3) is 0 Å². The molecule has 1 aromatic rings. The molecule has 4 heteroatoms. The molecule has 0 radical (unpaired) electrons. The molecule has 0 atom stereocenters. The van der Waals surface area contributed by atoms with Crippen LogP contribution < -0.4 is 0 Å². The Kier molecular flexibility index (Phi) is 2.25. The molecule has 0 saturated carbocycles. The third-order valence-corrected chi connectivity index (χ3v) is 1.10. The van der Waals surface area contributed by atoms with Crippen molar-refractivity contribution in [2.45, 2.75) is 20.5 Å². The number of nitrogens with zero attached hydrogens (tertiary/aromatic N) is 1. The van der Waals surface area contributed by atoms with E-state index in [-0.39, 0.29) is 12.6 Å². The smallest absolute Gasteiger partial charge is 0.303 e. The number of carbonyl (C=O) groups excluding carboxylic acids is 1. The van der Waals surface area contributed by atoms with Gasteiger partial charge in [0.05, 0.1) is 0 Å². The lowest BCUT2D eigenvalue weighted by molar-refractivity contribution is -0.142. The van der Waals surface area contributed by atoms with Crippen molar-refractivity contribution in [1.29, 1.82) is 0 Å². The summed E-state index contributed by atoms with van der Waals surface area (Å²) in [6, 6.07) is 1.73. The van der Waals surface area contributed by atoms with Crippen molar-refractivity contribution in [2.24, 2.45) is 0 Å². The maximum Gasteiger partial charge on any atom is 0.303 e. The second kappa shape index (κ2) is 3.18. The number of hydrogen-bond acceptors (Lipinski definition) is 4. The maximum absolute atomic E-state index is 10.3. The molecule has 1 rings (SSSR count). The van der Waals surface area contributed by atoms with Gasteiger partial charge in [0.15, 0.2) is 0 Å². The molecule has 60 valence electrons. The van der Waals surface area contributed by atoms with Crippen LogP contribution in [-0.4, -0.2) is 11.1 Å². The molecule has 0 unspecified atom stereocenters. The van der Waals surface area contributed by atoms with Crippen molar-refractivity contribution in [1.82, 2.24) is 5.16 Å². The summed E-state index contributed by atoms with van der Waals surface area (Å²) in [5, 5.41) is 3.64. The summed E-state index contributed by atoms with van der Waals surface area (Å²) in [5.41, 5.74) is 0.637. The number of rotatable bonds is 2. The van der Waals surface area contributed by atoms with Gasteiger partial charge in [0, 0.05) is 13.0 Å². The summed E-state index contributed by atoms with van der Waals surface area (Å²) in [6.07, 6.45) is 0. The fourth-order valence-corrected chi connectivity index (χ4v) is 0.662. The van der Waals surface area contributed by atoms with Crippen LogP contribution in [0.1, 0.15) is 18.4 Å². The average Bonchev–Trinajstić information content (AvgIpc) is 2.31. The van der Waals surface area contributed by atoms with Crippen LogP contribution in [0.4, 0.5) is 0 Å². The van der Waals surface area contributed by atoms with Crippen LogP contribution >= 0.6 is 0 Å². The third-order valence-electron chi connectivity index (χ3n) is 1.10. The normalized spacial score (nSPS) is 9.64. The van der Waals surface area contributed by atoms with Gasteiger partial charge < -0.3 is 9.26 Å². The Bertz CT molecular complexity index is 254. The largest absolute Gasteiger partial charge is 0.459 e. The average molecular weight is 155 g/mol. The molecule has 0 fully saturated rings. The summed E-state index contributed by atoms with van der Waals surface area (Å²) < 4.78 is 9.44. The van der Waals surface area contributed by atoms with Crippen LogP contribution in [0.3, 0.4) is 0 Å². The van der Waals surface area contributed by atoms with E-state index in [2.05, 4.69) is 9.89 Å². The highest BCUT2D eigenvalue weighted by Gasteiger charge is 2.00. The zero-order chi connectivity index (χ0) is 8.27. The number of aryl methyl sites for hydroxylation is 1. The van der Waals surface area contributed by atoms with Gasteiger partial charge in [-0.1, -0.05) is 5.16 Å². The van der Waals surface area contributed by atoms with E-state index in [0.717, 1.165) is 0 Å². The Morgan fingerprint density at radius 2 is 2.55 bits per heavy atom. The molecule has 0 N–H and O–H groups in total. The van der Waals surface area contributed by atoms with Gasteiger partial charge in [0.2, 0.25) is 0 Å². The number of hydrogen-bond donors (Lipinski definition) is 0. The lowest BCUT2D eigenvalue weighted by atomic mass is 10.4. The first kappa shape index (κ1) is 7.78. The predicted octanol–water partition coefficient (Wildman–Crippen LogP) is 1.05. The lowest BCUT2D eigenvalue weighted by Crippen LogP contribution is -1.98. The molecule has 1 heterocycles. The zero-order valence-electron chi connectivity index (χ0n) is 6.46. The van der Waals surface area contributed by atoms with Crippen molar-refractivity contribution in [3.8, 4) is 0 Å². The van der Waals surface area contributed by atoms with E-state index in [1.807, 2.05) is 0 Å². The molecule has 0 aliphatic heterocycles. The highest BCUT2D eigenvalue weighted by atomic mass is 16.5. The minimum Gasteiger partial charge on any atom is -0.459 e. The van der Waals surface area contributed by atoms with Gasteiger partial charge in [-0.15, -0.1) is 0 Å². The van der Waals surface area contributed by atoms with E-state index < -0.39 is 0 Å². The lowest BCUT2D eigenvalue weighted by Gasteiger charge is -1.94. The topological polar surface area (TPSA) is 52.3 Å². The molecule has 0 bridgehead atoms. The summed E-state index contributed by atoms with van der Waals surface area (Å²) >= 11 is 0. The molecule has 1 aromatic heterocycles. The highest BCUT2D eigenvalue weighted by molar-refractivity contribution is 5.65. The zero-order valence-corrected chi connectivity index (χ0v) is 6.46. The van der Waals surface area contributed by atoms with E-state index in [1.54, 1.807) is 13.0 Å². The van der Waals surface area contributed by atoms with Crippen molar-refractivity contribution in [3.05, 3.63) is 17.5 Å². The summed E-state index contributed by atoms with van der Waals surface area (Å²) in [5.74, 6) is 0.401. The number of ether oxygens (including phenoxy) is 1. The van der Waals surface area contributed by atoms with Crippen molar-refractivity contribution in [2.75, 3.05) is 0 Å². The Morgan fingerprint density at radius 3 is 3.00 bits per heavy atom. The van der Waals surface area contributed by atoms with Gasteiger partial charge in [-0.3, -0.25) is 4.79 Å². The Labute approximate surface area is 64.1 Å². The van der Waals surface area contributed by atoms with Crippen molar-refractivity contribution < 1.29 is 14.1 Å². The predicted molar refractivity (Wildman–Crippen MR) is 36.7 cm³/mol. The third kappa shape index (κ3) is 2.41. The van der Waals surface area contributed by atoms with Crippen LogP contribution in [0.15, 0.2) is 10.6 Å². The SMILES string of the molecule is CC(=O)OCc1cc(C)on1. The summed E-state index contributed by atoms with van der Waals surface area (Å²) in [6.45, 7) is 3.32. The molecule has 0 aliphatic rings. The molecular weight excluding hydrogens is 146 g/mol. The van der Waals surface area contributed by atoms with Crippen LogP contribution in [0.5, 0.6) is 0 Å². The number of aromatic nitrogens is 1. The summed E-state index contributed by atoms with van der Waals surface area (Å²) in [4.78, 5) is 10.3.